The molecule has 12 heteroatoms. The number of likely N-dealkylation sites (N-methyl/N-ethyl adjacent to an activating group) is 1. The molecule has 1 saturated heterocycles. The normalized spacial score (nSPS) is 32.5. The van der Waals surface area contributed by atoms with Gasteiger partial charge in [-0.3, -0.25) is 24.2 Å². The molecule has 39 heavy (non-hydrogen) atoms. The first kappa shape index (κ1) is 30.0. The fourth-order valence-electron chi connectivity index (χ4n) is 6.70. The van der Waals surface area contributed by atoms with Gasteiger partial charge in [0.25, 0.3) is 5.91 Å². The molecule has 5 atom stereocenters. The molecule has 1 heterocycles. The molecular formula is C27H33CaN3O8+2. The van der Waals surface area contributed by atoms with Crippen molar-refractivity contribution in [3.63, 3.8) is 0 Å². The second-order valence-electron chi connectivity index (χ2n) is 11.1. The largest absolute Gasteiger partial charge is 2.00 e. The van der Waals surface area contributed by atoms with Crippen molar-refractivity contribution in [2.24, 2.45) is 11.8 Å². The number of aliphatic hydroxyl groups excluding tert-OH is 2. The molecule has 3 aliphatic carbocycles. The maximum absolute atomic E-state index is 14.0. The molecule has 0 bridgehead atoms. The topological polar surface area (TPSA) is 171 Å². The number of rotatable bonds is 4. The van der Waals surface area contributed by atoms with E-state index < -0.39 is 63.6 Å². The Morgan fingerprint density at radius 3 is 2.38 bits per heavy atom. The average Bonchev–Trinajstić information content (AvgIpc) is 3.37. The Hall–Kier alpha value is -1.99. The van der Waals surface area contributed by atoms with Crippen molar-refractivity contribution in [1.82, 2.24) is 15.1 Å². The smallest absolute Gasteiger partial charge is 0.508 e. The van der Waals surface area contributed by atoms with Crippen molar-refractivity contribution in [2.45, 2.75) is 43.4 Å². The van der Waals surface area contributed by atoms with Gasteiger partial charge in [0.05, 0.1) is 23.9 Å². The molecule has 6 N–H and O–H groups in total. The van der Waals surface area contributed by atoms with Crippen LogP contribution in [0.15, 0.2) is 35.1 Å². The molecule has 0 spiro atoms. The molecule has 1 amide bonds. The Bertz CT molecular complexity index is 1300. The summed E-state index contributed by atoms with van der Waals surface area (Å²) < 4.78 is 0. The summed E-state index contributed by atoms with van der Waals surface area (Å²) in [5.41, 5.74) is -5.54. The van der Waals surface area contributed by atoms with Crippen molar-refractivity contribution in [3.8, 4) is 5.75 Å². The summed E-state index contributed by atoms with van der Waals surface area (Å²) in [5, 5.41) is 59.0. The number of nitrogens with zero attached hydrogens (tertiary/aromatic N) is 2. The van der Waals surface area contributed by atoms with Crippen LogP contribution in [0.5, 0.6) is 5.75 Å². The van der Waals surface area contributed by atoms with E-state index in [1.54, 1.807) is 14.1 Å². The third kappa shape index (κ3) is 4.34. The van der Waals surface area contributed by atoms with Crippen molar-refractivity contribution in [1.29, 1.82) is 0 Å². The van der Waals surface area contributed by atoms with Crippen LogP contribution in [0, 0.1) is 11.8 Å². The van der Waals surface area contributed by atoms with E-state index in [-0.39, 0.29) is 73.3 Å². The number of phenolic OH excluding ortho intramolecular Hbond substituents is 1. The molecule has 5 rings (SSSR count). The van der Waals surface area contributed by atoms with E-state index >= 15 is 0 Å². The number of amides is 1. The van der Waals surface area contributed by atoms with Gasteiger partial charge in [-0.15, -0.1) is 0 Å². The van der Waals surface area contributed by atoms with Gasteiger partial charge in [-0.25, -0.2) is 0 Å². The molecule has 1 aliphatic heterocycles. The third-order valence-corrected chi connectivity index (χ3v) is 8.66. The third-order valence-electron chi connectivity index (χ3n) is 8.66. The van der Waals surface area contributed by atoms with Crippen LogP contribution in [-0.2, 0) is 20.0 Å². The number of aliphatic hydroxyl groups is 4. The standard InChI is InChI=1S/C27H33N3O8.Ca/c1-26(37)13-7-6-8-16(31)17(13)21(32)18-14(26)11-15-20(29(2)3)22(33)19(24(35)27(15,38)23(18)34)25(36)28-12-30-9-4-5-10-30;/h6-8,14-15,20,31-32,35,37-38H,4-5,9-12H2,1-3H3,(H,28,36);/q;+2/t14-,15-,20-,26+,27-;/m0./s1. The monoisotopic (exact) mass is 567 g/mol. The van der Waals surface area contributed by atoms with Crippen LogP contribution < -0.4 is 5.32 Å². The summed E-state index contributed by atoms with van der Waals surface area (Å²) in [4.78, 5) is 44.3. The molecule has 1 aromatic carbocycles. The van der Waals surface area contributed by atoms with Gasteiger partial charge < -0.3 is 30.8 Å². The van der Waals surface area contributed by atoms with Crippen molar-refractivity contribution >= 4 is 61.0 Å². The summed E-state index contributed by atoms with van der Waals surface area (Å²) in [6, 6.07) is 3.12. The number of ketones is 2. The van der Waals surface area contributed by atoms with Crippen LogP contribution >= 0.6 is 0 Å². The van der Waals surface area contributed by atoms with Crippen molar-refractivity contribution in [2.75, 3.05) is 33.9 Å². The van der Waals surface area contributed by atoms with Gasteiger partial charge in [0.2, 0.25) is 5.78 Å². The fourth-order valence-corrected chi connectivity index (χ4v) is 6.70. The van der Waals surface area contributed by atoms with Crippen LogP contribution in [0.25, 0.3) is 5.76 Å². The average molecular weight is 568 g/mol. The summed E-state index contributed by atoms with van der Waals surface area (Å²) in [6.07, 6.45) is 1.78. The quantitative estimate of drug-likeness (QED) is 0.214. The van der Waals surface area contributed by atoms with Crippen LogP contribution in [0.1, 0.15) is 37.3 Å². The molecular weight excluding hydrogens is 534 g/mol. The summed E-state index contributed by atoms with van der Waals surface area (Å²) in [6.45, 7) is 3.11. The SMILES string of the molecule is CN(C)[C@@H]1C(=O)C(C(=O)NCN2CCCC2)=C(O)[C@@]2(O)C(=O)C3=C(O)c4c(O)cccc4[C@@](C)(O)[C@H]3C[C@@H]12.[Ca+2]. The molecule has 0 unspecified atom stereocenters. The number of phenols is 1. The van der Waals surface area contributed by atoms with Crippen molar-refractivity contribution in [3.05, 3.63) is 46.2 Å². The van der Waals surface area contributed by atoms with Gasteiger partial charge in [-0.1, -0.05) is 12.1 Å². The predicted molar refractivity (Wildman–Crippen MR) is 140 cm³/mol. The van der Waals surface area contributed by atoms with E-state index in [0.717, 1.165) is 25.9 Å². The second-order valence-corrected chi connectivity index (χ2v) is 11.1. The second kappa shape index (κ2) is 10.4. The Kier molecular flexibility index (Phi) is 8.03. The van der Waals surface area contributed by atoms with E-state index in [2.05, 4.69) is 5.32 Å². The van der Waals surface area contributed by atoms with E-state index in [0.29, 0.717) is 0 Å². The number of carbonyl (C=O) groups excluding carboxylic acids is 3. The number of hydrogen-bond acceptors (Lipinski definition) is 10. The zero-order valence-electron chi connectivity index (χ0n) is 22.3. The van der Waals surface area contributed by atoms with Gasteiger partial charge in [0.15, 0.2) is 11.4 Å². The minimum atomic E-state index is -2.72. The van der Waals surface area contributed by atoms with Gasteiger partial charge >= 0.3 is 37.7 Å². The minimum absolute atomic E-state index is 0. The van der Waals surface area contributed by atoms with Gasteiger partial charge in [-0.2, -0.15) is 0 Å². The number of aromatic hydroxyl groups is 1. The number of nitrogens with one attached hydrogen (secondary N) is 1. The molecule has 0 radical (unpaired) electrons. The first-order valence-electron chi connectivity index (χ1n) is 12.7. The maximum atomic E-state index is 14.0. The van der Waals surface area contributed by atoms with Crippen LogP contribution in [0.2, 0.25) is 0 Å². The molecule has 204 valence electrons. The van der Waals surface area contributed by atoms with E-state index in [1.165, 1.54) is 30.0 Å². The Labute approximate surface area is 255 Å². The van der Waals surface area contributed by atoms with Gasteiger partial charge in [0.1, 0.15) is 22.8 Å². The molecule has 2 fully saturated rings. The first-order chi connectivity index (χ1) is 17.8. The Balaban J connectivity index is 0.00000353. The molecule has 4 aliphatic rings. The van der Waals surface area contributed by atoms with Crippen molar-refractivity contribution < 1.29 is 39.9 Å². The number of hydrogen-bond donors (Lipinski definition) is 6. The number of benzene rings is 1. The zero-order valence-corrected chi connectivity index (χ0v) is 24.5. The minimum Gasteiger partial charge on any atom is -0.508 e. The fraction of sp³-hybridized carbons (Fsp3) is 0.519. The predicted octanol–water partition coefficient (Wildman–Crippen LogP) is -0.0676. The van der Waals surface area contributed by atoms with E-state index in [4.69, 9.17) is 0 Å². The van der Waals surface area contributed by atoms with Crippen LogP contribution in [0.4, 0.5) is 0 Å². The summed E-state index contributed by atoms with van der Waals surface area (Å²) in [7, 11) is 3.12. The number of Topliss-reactive ketones (excluding diaryl/α,β-unsaturated/α-hetero) is 2. The Morgan fingerprint density at radius 1 is 1.13 bits per heavy atom. The molecule has 11 nitrogen and oxygen atoms in total. The van der Waals surface area contributed by atoms with E-state index in [9.17, 15) is 39.9 Å². The van der Waals surface area contributed by atoms with Gasteiger partial charge in [-0.05, 0) is 65.0 Å². The number of fused-ring (bicyclic) bond motifs is 3. The molecule has 1 saturated carbocycles. The number of likely N-dealkylation sites (tertiary alicyclic amines) is 1. The maximum Gasteiger partial charge on any atom is 2.00 e. The van der Waals surface area contributed by atoms with Crippen LogP contribution in [-0.4, -0.2) is 136 Å². The summed E-state index contributed by atoms with van der Waals surface area (Å²) >= 11 is 0. The number of carbonyl (C=O) groups is 3. The van der Waals surface area contributed by atoms with Crippen LogP contribution in [0.3, 0.4) is 0 Å². The molecule has 1 aromatic rings. The van der Waals surface area contributed by atoms with E-state index in [1.807, 2.05) is 4.90 Å². The Morgan fingerprint density at radius 2 is 1.77 bits per heavy atom. The molecule has 0 aromatic heterocycles. The van der Waals surface area contributed by atoms with Gasteiger partial charge in [0, 0.05) is 17.4 Å². The summed E-state index contributed by atoms with van der Waals surface area (Å²) in [5.74, 6) is -7.17. The zero-order chi connectivity index (χ0) is 27.7. The first-order valence-corrected chi connectivity index (χ1v) is 12.7.